The predicted molar refractivity (Wildman–Crippen MR) is 109 cm³/mol. The Balaban J connectivity index is 1.64. The second-order valence-corrected chi connectivity index (χ2v) is 6.67. The summed E-state index contributed by atoms with van der Waals surface area (Å²) in [6.07, 6.45) is -1.35. The lowest BCUT2D eigenvalue weighted by Crippen LogP contribution is -2.02. The first-order chi connectivity index (χ1) is 15.1. The highest BCUT2D eigenvalue weighted by Gasteiger charge is 2.22. The van der Waals surface area contributed by atoms with E-state index in [1.165, 1.54) is 12.3 Å². The maximum absolute atomic E-state index is 13.8. The quantitative estimate of drug-likeness (QED) is 0.396. The molecule has 0 aliphatic rings. The second kappa shape index (κ2) is 7.60. The van der Waals surface area contributed by atoms with Gasteiger partial charge in [-0.1, -0.05) is 18.2 Å². The molecule has 0 atom stereocenters. The normalized spacial score (nSPS) is 11.4. The van der Waals surface area contributed by atoms with E-state index in [4.69, 9.17) is 9.15 Å². The number of methoxy groups -OCH3 is 1. The third-order valence-electron chi connectivity index (χ3n) is 4.78. The number of nitrogens with zero attached hydrogens (tertiary/aromatic N) is 5. The van der Waals surface area contributed by atoms with Crippen LogP contribution in [-0.4, -0.2) is 31.9 Å². The number of hydrogen-bond acceptors (Lipinski definition) is 6. The number of ether oxygens (including phenoxy) is 1. The van der Waals surface area contributed by atoms with E-state index in [9.17, 15) is 8.78 Å². The van der Waals surface area contributed by atoms with Crippen molar-refractivity contribution in [2.24, 2.45) is 0 Å². The molecule has 0 fully saturated rings. The first-order valence-corrected chi connectivity index (χ1v) is 9.34. The van der Waals surface area contributed by atoms with Crippen molar-refractivity contribution in [1.82, 2.24) is 24.8 Å². The fraction of sp³-hybridized carbons (Fsp3) is 0.0909. The van der Waals surface area contributed by atoms with E-state index in [2.05, 4.69) is 20.3 Å². The molecular weight excluding hydrogens is 404 g/mol. The minimum absolute atomic E-state index is 0.147. The standard InChI is InChI=1S/C22H15F2N5O2/c1-30-15-9-7-13(8-10-15)17-11-18(19(23)24)29-20(26-17)16(12-25-29)22-28-27-21(31-22)14-5-3-2-4-6-14/h2-12,19H,1H3. The number of benzene rings is 2. The zero-order valence-corrected chi connectivity index (χ0v) is 16.2. The van der Waals surface area contributed by atoms with Gasteiger partial charge >= 0.3 is 0 Å². The average molecular weight is 419 g/mol. The Kier molecular flexibility index (Phi) is 4.62. The lowest BCUT2D eigenvalue weighted by atomic mass is 10.1. The Bertz CT molecular complexity index is 1350. The molecule has 7 nitrogen and oxygen atoms in total. The number of hydrogen-bond donors (Lipinski definition) is 0. The van der Waals surface area contributed by atoms with Crippen molar-refractivity contribution >= 4 is 5.65 Å². The molecule has 0 amide bonds. The van der Waals surface area contributed by atoms with Gasteiger partial charge in [0.05, 0.1) is 19.0 Å². The molecule has 31 heavy (non-hydrogen) atoms. The van der Waals surface area contributed by atoms with Crippen LogP contribution in [0.5, 0.6) is 5.75 Å². The Morgan fingerprint density at radius 2 is 1.68 bits per heavy atom. The monoisotopic (exact) mass is 419 g/mol. The van der Waals surface area contributed by atoms with Gasteiger partial charge < -0.3 is 9.15 Å². The molecule has 0 spiro atoms. The van der Waals surface area contributed by atoms with Gasteiger partial charge in [0.1, 0.15) is 17.0 Å². The summed E-state index contributed by atoms with van der Waals surface area (Å²) < 4.78 is 39.6. The van der Waals surface area contributed by atoms with Crippen LogP contribution in [0.15, 0.2) is 71.3 Å². The minimum Gasteiger partial charge on any atom is -0.497 e. The summed E-state index contributed by atoms with van der Waals surface area (Å²) in [6.45, 7) is 0. The summed E-state index contributed by atoms with van der Waals surface area (Å²) in [5.41, 5.74) is 2.06. The molecular formula is C22H15F2N5O2. The Morgan fingerprint density at radius 1 is 0.935 bits per heavy atom. The van der Waals surface area contributed by atoms with E-state index in [0.717, 1.165) is 10.1 Å². The fourth-order valence-corrected chi connectivity index (χ4v) is 3.23. The van der Waals surface area contributed by atoms with Gasteiger partial charge in [-0.05, 0) is 42.5 Å². The van der Waals surface area contributed by atoms with Gasteiger partial charge in [0.15, 0.2) is 5.65 Å². The second-order valence-electron chi connectivity index (χ2n) is 6.67. The maximum atomic E-state index is 13.8. The van der Waals surface area contributed by atoms with Crippen molar-refractivity contribution in [3.05, 3.63) is 72.6 Å². The Morgan fingerprint density at radius 3 is 2.39 bits per heavy atom. The maximum Gasteiger partial charge on any atom is 0.280 e. The van der Waals surface area contributed by atoms with Gasteiger partial charge in [-0.25, -0.2) is 18.3 Å². The van der Waals surface area contributed by atoms with Crippen molar-refractivity contribution in [2.75, 3.05) is 7.11 Å². The first kappa shape index (κ1) is 18.9. The lowest BCUT2D eigenvalue weighted by molar-refractivity contribution is 0.143. The molecule has 154 valence electrons. The van der Waals surface area contributed by atoms with Crippen molar-refractivity contribution in [2.45, 2.75) is 6.43 Å². The predicted octanol–water partition coefficient (Wildman–Crippen LogP) is 5.06. The molecule has 0 bridgehead atoms. The molecule has 0 saturated heterocycles. The van der Waals surface area contributed by atoms with E-state index in [-0.39, 0.29) is 17.2 Å². The molecule has 0 aliphatic heterocycles. The highest BCUT2D eigenvalue weighted by Crippen LogP contribution is 2.31. The number of rotatable bonds is 5. The van der Waals surface area contributed by atoms with Crippen molar-refractivity contribution < 1.29 is 17.9 Å². The number of alkyl halides is 2. The van der Waals surface area contributed by atoms with Gasteiger partial charge in [-0.3, -0.25) is 0 Å². The van der Waals surface area contributed by atoms with E-state index >= 15 is 0 Å². The molecule has 0 saturated carbocycles. The Labute approximate surface area is 175 Å². The fourth-order valence-electron chi connectivity index (χ4n) is 3.23. The number of aromatic nitrogens is 5. The summed E-state index contributed by atoms with van der Waals surface area (Å²) in [7, 11) is 1.56. The van der Waals surface area contributed by atoms with Crippen LogP contribution in [0.25, 0.3) is 39.8 Å². The molecule has 0 N–H and O–H groups in total. The van der Waals surface area contributed by atoms with Gasteiger partial charge in [-0.2, -0.15) is 5.10 Å². The van der Waals surface area contributed by atoms with E-state index in [0.29, 0.717) is 28.5 Å². The summed E-state index contributed by atoms with van der Waals surface area (Å²) in [5.74, 6) is 1.12. The van der Waals surface area contributed by atoms with E-state index in [1.807, 2.05) is 30.3 Å². The average Bonchev–Trinajstić information content (AvgIpc) is 3.46. The minimum atomic E-state index is -2.75. The molecule has 0 aliphatic carbocycles. The van der Waals surface area contributed by atoms with Gasteiger partial charge in [0.25, 0.3) is 12.3 Å². The van der Waals surface area contributed by atoms with Crippen LogP contribution in [-0.2, 0) is 0 Å². The largest absolute Gasteiger partial charge is 0.497 e. The zero-order chi connectivity index (χ0) is 21.4. The smallest absolute Gasteiger partial charge is 0.280 e. The summed E-state index contributed by atoms with van der Waals surface area (Å²) in [6, 6.07) is 17.6. The summed E-state index contributed by atoms with van der Waals surface area (Å²) >= 11 is 0. The first-order valence-electron chi connectivity index (χ1n) is 9.34. The third-order valence-corrected chi connectivity index (χ3v) is 4.78. The summed E-state index contributed by atoms with van der Waals surface area (Å²) in [4.78, 5) is 4.56. The van der Waals surface area contributed by atoms with Gasteiger partial charge in [0, 0.05) is 11.1 Å². The van der Waals surface area contributed by atoms with E-state index < -0.39 is 6.43 Å². The molecule has 3 heterocycles. The van der Waals surface area contributed by atoms with Crippen LogP contribution in [0, 0.1) is 0 Å². The molecule has 5 aromatic rings. The number of halogens is 2. The van der Waals surface area contributed by atoms with Crippen molar-refractivity contribution in [3.63, 3.8) is 0 Å². The van der Waals surface area contributed by atoms with Crippen LogP contribution in [0.1, 0.15) is 12.1 Å². The van der Waals surface area contributed by atoms with Gasteiger partial charge in [-0.15, -0.1) is 10.2 Å². The zero-order valence-electron chi connectivity index (χ0n) is 16.2. The highest BCUT2D eigenvalue weighted by molar-refractivity contribution is 5.75. The van der Waals surface area contributed by atoms with Crippen LogP contribution in [0.3, 0.4) is 0 Å². The highest BCUT2D eigenvalue weighted by atomic mass is 19.3. The number of fused-ring (bicyclic) bond motifs is 1. The SMILES string of the molecule is COc1ccc(-c2cc(C(F)F)n3ncc(-c4nnc(-c5ccccc5)o4)c3n2)cc1. The lowest BCUT2D eigenvalue weighted by Gasteiger charge is -2.08. The van der Waals surface area contributed by atoms with Crippen LogP contribution < -0.4 is 4.74 Å². The topological polar surface area (TPSA) is 78.3 Å². The molecule has 2 aromatic carbocycles. The molecule has 5 rings (SSSR count). The Hall–Kier alpha value is -4.14. The summed E-state index contributed by atoms with van der Waals surface area (Å²) in [5, 5.41) is 12.2. The van der Waals surface area contributed by atoms with Crippen molar-refractivity contribution in [1.29, 1.82) is 0 Å². The third kappa shape index (κ3) is 3.39. The van der Waals surface area contributed by atoms with Gasteiger partial charge in [0.2, 0.25) is 5.89 Å². The molecule has 0 radical (unpaired) electrons. The van der Waals surface area contributed by atoms with Crippen LogP contribution in [0.2, 0.25) is 0 Å². The molecule has 0 unspecified atom stereocenters. The van der Waals surface area contributed by atoms with Crippen LogP contribution >= 0.6 is 0 Å². The van der Waals surface area contributed by atoms with E-state index in [1.54, 1.807) is 31.4 Å². The van der Waals surface area contributed by atoms with Crippen molar-refractivity contribution in [3.8, 4) is 39.9 Å². The molecule has 9 heteroatoms. The van der Waals surface area contributed by atoms with Crippen LogP contribution in [0.4, 0.5) is 8.78 Å². The molecule has 3 aromatic heterocycles.